The van der Waals surface area contributed by atoms with Crippen LogP contribution in [0.5, 0.6) is 5.75 Å². The van der Waals surface area contributed by atoms with Crippen LogP contribution in [0.3, 0.4) is 0 Å². The van der Waals surface area contributed by atoms with Crippen LogP contribution >= 0.6 is 0 Å². The van der Waals surface area contributed by atoms with Gasteiger partial charge in [0, 0.05) is 32.1 Å². The Morgan fingerprint density at radius 1 is 1.43 bits per heavy atom. The van der Waals surface area contributed by atoms with Crippen LogP contribution in [0.15, 0.2) is 30.8 Å². The Labute approximate surface area is 125 Å². The number of rotatable bonds is 4. The van der Waals surface area contributed by atoms with Gasteiger partial charge in [0.25, 0.3) is 0 Å². The summed E-state index contributed by atoms with van der Waals surface area (Å²) < 4.78 is 11.0. The molecule has 0 atom stereocenters. The van der Waals surface area contributed by atoms with Gasteiger partial charge in [0.1, 0.15) is 11.9 Å². The molecule has 1 aliphatic rings. The molecule has 1 saturated heterocycles. The molecule has 2 heterocycles. The van der Waals surface area contributed by atoms with Gasteiger partial charge in [0.2, 0.25) is 0 Å². The Morgan fingerprint density at radius 2 is 2.14 bits per heavy atom. The predicted octanol–water partition coefficient (Wildman–Crippen LogP) is 3.16. The third-order valence-electron chi connectivity index (χ3n) is 3.44. The molecular weight excluding hydrogens is 268 g/mol. The van der Waals surface area contributed by atoms with Crippen molar-refractivity contribution in [3.63, 3.8) is 0 Å². The first-order chi connectivity index (χ1) is 10.1. The lowest BCUT2D eigenvalue weighted by atomic mass is 10.1. The SMILES string of the molecule is C=C(C)OC(=O)N1CCC(Oc2cncc(CC)c2)CC1. The van der Waals surface area contributed by atoms with E-state index in [2.05, 4.69) is 18.5 Å². The zero-order valence-electron chi connectivity index (χ0n) is 12.7. The minimum atomic E-state index is -0.324. The molecule has 5 heteroatoms. The van der Waals surface area contributed by atoms with E-state index in [9.17, 15) is 4.79 Å². The Morgan fingerprint density at radius 3 is 2.76 bits per heavy atom. The standard InChI is InChI=1S/C16H22N2O3/c1-4-13-9-15(11-17-10-13)21-14-5-7-18(8-6-14)16(19)20-12(2)3/h9-11,14H,2,4-8H2,1,3H3. The van der Waals surface area contributed by atoms with Crippen molar-refractivity contribution in [2.75, 3.05) is 13.1 Å². The molecule has 0 aliphatic carbocycles. The van der Waals surface area contributed by atoms with Gasteiger partial charge in [-0.15, -0.1) is 0 Å². The van der Waals surface area contributed by atoms with Gasteiger partial charge in [-0.05, 0) is 25.0 Å². The van der Waals surface area contributed by atoms with E-state index < -0.39 is 0 Å². The molecule has 0 saturated carbocycles. The van der Waals surface area contributed by atoms with E-state index in [0.29, 0.717) is 18.8 Å². The number of ether oxygens (including phenoxy) is 2. The summed E-state index contributed by atoms with van der Waals surface area (Å²) in [7, 11) is 0. The van der Waals surface area contributed by atoms with E-state index in [1.165, 1.54) is 0 Å². The van der Waals surface area contributed by atoms with Crippen LogP contribution in [-0.4, -0.2) is 35.2 Å². The van der Waals surface area contributed by atoms with Crippen molar-refractivity contribution in [2.45, 2.75) is 39.2 Å². The number of pyridine rings is 1. The van der Waals surface area contributed by atoms with Crippen LogP contribution in [0.25, 0.3) is 0 Å². The smallest absolute Gasteiger partial charge is 0.414 e. The minimum absolute atomic E-state index is 0.118. The lowest BCUT2D eigenvalue weighted by molar-refractivity contribution is 0.0818. The van der Waals surface area contributed by atoms with E-state index >= 15 is 0 Å². The second-order valence-electron chi connectivity index (χ2n) is 5.26. The number of carbonyl (C=O) groups excluding carboxylic acids is 1. The molecule has 0 N–H and O–H groups in total. The summed E-state index contributed by atoms with van der Waals surface area (Å²) in [5.41, 5.74) is 1.16. The maximum atomic E-state index is 11.7. The monoisotopic (exact) mass is 290 g/mol. The van der Waals surface area contributed by atoms with Gasteiger partial charge in [-0.25, -0.2) is 4.79 Å². The molecule has 5 nitrogen and oxygen atoms in total. The molecule has 1 aromatic rings. The largest absolute Gasteiger partial charge is 0.489 e. The molecule has 0 unspecified atom stereocenters. The van der Waals surface area contributed by atoms with Gasteiger partial charge in [-0.1, -0.05) is 13.5 Å². The van der Waals surface area contributed by atoms with Crippen LogP contribution in [-0.2, 0) is 11.2 Å². The highest BCUT2D eigenvalue weighted by molar-refractivity contribution is 5.68. The third-order valence-corrected chi connectivity index (χ3v) is 3.44. The van der Waals surface area contributed by atoms with Crippen LogP contribution in [0.4, 0.5) is 4.79 Å². The van der Waals surface area contributed by atoms with Gasteiger partial charge in [-0.2, -0.15) is 0 Å². The van der Waals surface area contributed by atoms with Gasteiger partial charge in [0.05, 0.1) is 12.0 Å². The molecule has 21 heavy (non-hydrogen) atoms. The lowest BCUT2D eigenvalue weighted by Crippen LogP contribution is -2.41. The zero-order chi connectivity index (χ0) is 15.2. The van der Waals surface area contributed by atoms with E-state index in [4.69, 9.17) is 9.47 Å². The predicted molar refractivity (Wildman–Crippen MR) is 80.1 cm³/mol. The zero-order valence-corrected chi connectivity index (χ0v) is 12.7. The van der Waals surface area contributed by atoms with Crippen LogP contribution in [0, 0.1) is 0 Å². The summed E-state index contributed by atoms with van der Waals surface area (Å²) in [6, 6.07) is 2.02. The lowest BCUT2D eigenvalue weighted by Gasteiger charge is -2.31. The molecule has 0 radical (unpaired) electrons. The van der Waals surface area contributed by atoms with Crippen LogP contribution in [0.1, 0.15) is 32.3 Å². The molecule has 1 fully saturated rings. The molecule has 1 aromatic heterocycles. The molecule has 2 rings (SSSR count). The average Bonchev–Trinajstić information content (AvgIpc) is 2.47. The highest BCUT2D eigenvalue weighted by Gasteiger charge is 2.25. The van der Waals surface area contributed by atoms with Crippen molar-refractivity contribution < 1.29 is 14.3 Å². The van der Waals surface area contributed by atoms with Crippen molar-refractivity contribution in [1.82, 2.24) is 9.88 Å². The van der Waals surface area contributed by atoms with Crippen LogP contribution in [0.2, 0.25) is 0 Å². The third kappa shape index (κ3) is 4.48. The van der Waals surface area contributed by atoms with Crippen molar-refractivity contribution in [1.29, 1.82) is 0 Å². The Balaban J connectivity index is 1.83. The normalized spacial score (nSPS) is 15.6. The molecule has 1 aliphatic heterocycles. The van der Waals surface area contributed by atoms with E-state index in [1.54, 1.807) is 18.0 Å². The number of piperidine rings is 1. The molecular formula is C16H22N2O3. The summed E-state index contributed by atoms with van der Waals surface area (Å²) in [6.45, 7) is 8.61. The van der Waals surface area contributed by atoms with Crippen LogP contribution < -0.4 is 4.74 Å². The fourth-order valence-electron chi connectivity index (χ4n) is 2.28. The van der Waals surface area contributed by atoms with Gasteiger partial charge < -0.3 is 14.4 Å². The maximum Gasteiger partial charge on any atom is 0.414 e. The first-order valence-electron chi connectivity index (χ1n) is 7.31. The number of nitrogens with zero attached hydrogens (tertiary/aromatic N) is 2. The fourth-order valence-corrected chi connectivity index (χ4v) is 2.28. The second kappa shape index (κ2) is 7.11. The second-order valence-corrected chi connectivity index (χ2v) is 5.26. The number of aromatic nitrogens is 1. The Hall–Kier alpha value is -2.04. The number of aryl methyl sites for hydroxylation is 1. The van der Waals surface area contributed by atoms with E-state index in [0.717, 1.165) is 30.6 Å². The summed E-state index contributed by atoms with van der Waals surface area (Å²) in [5, 5.41) is 0. The van der Waals surface area contributed by atoms with Gasteiger partial charge in [-0.3, -0.25) is 4.98 Å². The summed E-state index contributed by atoms with van der Waals surface area (Å²) in [6.07, 6.45) is 5.91. The average molecular weight is 290 g/mol. The number of hydrogen-bond acceptors (Lipinski definition) is 4. The summed E-state index contributed by atoms with van der Waals surface area (Å²) >= 11 is 0. The van der Waals surface area contributed by atoms with E-state index in [1.807, 2.05) is 12.3 Å². The number of allylic oxidation sites excluding steroid dienone is 1. The Kier molecular flexibility index (Phi) is 5.20. The van der Waals surface area contributed by atoms with Gasteiger partial charge in [0.15, 0.2) is 0 Å². The highest BCUT2D eigenvalue weighted by Crippen LogP contribution is 2.20. The molecule has 0 aromatic carbocycles. The number of carbonyl (C=O) groups is 1. The topological polar surface area (TPSA) is 51.7 Å². The fraction of sp³-hybridized carbons (Fsp3) is 0.500. The van der Waals surface area contributed by atoms with Gasteiger partial charge >= 0.3 is 6.09 Å². The first kappa shape index (κ1) is 15.4. The summed E-state index contributed by atoms with van der Waals surface area (Å²) in [5.74, 6) is 1.22. The van der Waals surface area contributed by atoms with Crippen molar-refractivity contribution in [2.24, 2.45) is 0 Å². The molecule has 1 amide bonds. The first-order valence-corrected chi connectivity index (χ1v) is 7.31. The highest BCUT2D eigenvalue weighted by atomic mass is 16.6. The van der Waals surface area contributed by atoms with Crippen molar-refractivity contribution in [3.05, 3.63) is 36.4 Å². The molecule has 114 valence electrons. The van der Waals surface area contributed by atoms with Crippen molar-refractivity contribution in [3.8, 4) is 5.75 Å². The maximum absolute atomic E-state index is 11.7. The summed E-state index contributed by atoms with van der Waals surface area (Å²) in [4.78, 5) is 17.6. The number of hydrogen-bond donors (Lipinski definition) is 0. The Bertz CT molecular complexity index is 508. The number of amides is 1. The number of likely N-dealkylation sites (tertiary alicyclic amines) is 1. The molecule has 0 spiro atoms. The minimum Gasteiger partial charge on any atom is -0.489 e. The van der Waals surface area contributed by atoms with Crippen molar-refractivity contribution >= 4 is 6.09 Å². The quantitative estimate of drug-likeness (QED) is 0.799. The molecule has 0 bridgehead atoms. The van der Waals surface area contributed by atoms with E-state index in [-0.39, 0.29) is 12.2 Å².